The standard InChI is InChI=1S/C26H33F3N2O5S/c1-23(2,3)18-13-16(14-19(22(18)33)24(4,5)6)30-37(35,36)20-12-15(8-9-17(20)26(27,28)29)25(34)11-10-21(32)31(25)7/h8-9,12-14,30,33-34H,10-11H2,1-7H3. The lowest BCUT2D eigenvalue weighted by Gasteiger charge is -2.31. The third-order valence-corrected chi connectivity index (χ3v) is 8.05. The van der Waals surface area contributed by atoms with Gasteiger partial charge >= 0.3 is 6.18 Å². The van der Waals surface area contributed by atoms with E-state index in [4.69, 9.17) is 0 Å². The Morgan fingerprint density at radius 2 is 1.46 bits per heavy atom. The minimum Gasteiger partial charge on any atom is -0.507 e. The Labute approximate surface area is 215 Å². The molecule has 1 unspecified atom stereocenters. The number of aromatic hydroxyl groups is 1. The summed E-state index contributed by atoms with van der Waals surface area (Å²) < 4.78 is 70.9. The second-order valence-electron chi connectivity index (χ2n) is 11.5. The van der Waals surface area contributed by atoms with Crippen LogP contribution in [0, 0.1) is 0 Å². The van der Waals surface area contributed by atoms with Gasteiger partial charge in [0.1, 0.15) is 5.75 Å². The molecule has 0 radical (unpaired) electrons. The number of aliphatic hydroxyl groups is 1. The summed E-state index contributed by atoms with van der Waals surface area (Å²) in [4.78, 5) is 11.9. The predicted molar refractivity (Wildman–Crippen MR) is 134 cm³/mol. The lowest BCUT2D eigenvalue weighted by Crippen LogP contribution is -2.40. The van der Waals surface area contributed by atoms with Crippen LogP contribution in [-0.4, -0.2) is 36.5 Å². The Hall–Kier alpha value is -2.79. The second kappa shape index (κ2) is 8.90. The van der Waals surface area contributed by atoms with Gasteiger partial charge in [-0.25, -0.2) is 8.42 Å². The minimum absolute atomic E-state index is 0.0157. The monoisotopic (exact) mass is 542 g/mol. The third-order valence-electron chi connectivity index (χ3n) is 6.63. The zero-order chi connectivity index (χ0) is 28.4. The van der Waals surface area contributed by atoms with E-state index in [1.54, 1.807) is 0 Å². The maximum Gasteiger partial charge on any atom is 0.417 e. The number of hydrogen-bond acceptors (Lipinski definition) is 5. The molecule has 204 valence electrons. The fourth-order valence-electron chi connectivity index (χ4n) is 4.44. The zero-order valence-electron chi connectivity index (χ0n) is 21.9. The number of carbonyl (C=O) groups is 1. The molecule has 11 heteroatoms. The fraction of sp³-hybridized carbons (Fsp3) is 0.500. The Kier molecular flexibility index (Phi) is 6.92. The van der Waals surface area contributed by atoms with E-state index in [9.17, 15) is 36.6 Å². The van der Waals surface area contributed by atoms with Crippen molar-refractivity contribution in [2.75, 3.05) is 11.8 Å². The van der Waals surface area contributed by atoms with Crippen molar-refractivity contribution in [1.82, 2.24) is 4.90 Å². The normalized spacial score (nSPS) is 19.4. The Morgan fingerprint density at radius 3 is 1.86 bits per heavy atom. The lowest BCUT2D eigenvalue weighted by molar-refractivity contribution is -0.144. The number of anilines is 1. The molecule has 0 spiro atoms. The molecule has 0 aromatic heterocycles. The number of phenolic OH excluding ortho intramolecular Hbond substituents is 1. The van der Waals surface area contributed by atoms with Gasteiger partial charge in [0, 0.05) is 42.3 Å². The summed E-state index contributed by atoms with van der Waals surface area (Å²) >= 11 is 0. The molecule has 7 nitrogen and oxygen atoms in total. The molecular weight excluding hydrogens is 509 g/mol. The highest BCUT2D eigenvalue weighted by molar-refractivity contribution is 7.92. The maximum atomic E-state index is 13.9. The van der Waals surface area contributed by atoms with Gasteiger partial charge in [0.15, 0.2) is 5.72 Å². The predicted octanol–water partition coefficient (Wildman–Crippen LogP) is 5.20. The molecule has 0 aliphatic carbocycles. The summed E-state index contributed by atoms with van der Waals surface area (Å²) in [5.74, 6) is -0.435. The van der Waals surface area contributed by atoms with Crippen LogP contribution in [0.2, 0.25) is 0 Å². The smallest absolute Gasteiger partial charge is 0.417 e. The van der Waals surface area contributed by atoms with Crippen molar-refractivity contribution < 1.29 is 36.6 Å². The molecule has 1 atom stereocenters. The van der Waals surface area contributed by atoms with Crippen molar-refractivity contribution in [3.8, 4) is 5.75 Å². The number of carbonyl (C=O) groups excluding carboxylic acids is 1. The number of likely N-dealkylation sites (tertiary alicyclic amines) is 1. The third kappa shape index (κ3) is 5.43. The summed E-state index contributed by atoms with van der Waals surface area (Å²) in [5.41, 5.74) is -3.89. The van der Waals surface area contributed by atoms with Crippen LogP contribution in [0.5, 0.6) is 5.75 Å². The number of alkyl halides is 3. The van der Waals surface area contributed by atoms with Gasteiger partial charge in [-0.3, -0.25) is 9.52 Å². The molecular formula is C26H33F3N2O5S. The number of nitrogens with zero attached hydrogens (tertiary/aromatic N) is 1. The van der Waals surface area contributed by atoms with Crippen molar-refractivity contribution in [2.45, 2.75) is 82.0 Å². The molecule has 1 amide bonds. The Balaban J connectivity index is 2.21. The largest absolute Gasteiger partial charge is 0.507 e. The van der Waals surface area contributed by atoms with Crippen molar-refractivity contribution in [3.63, 3.8) is 0 Å². The van der Waals surface area contributed by atoms with Crippen molar-refractivity contribution >= 4 is 21.6 Å². The zero-order valence-corrected chi connectivity index (χ0v) is 22.7. The van der Waals surface area contributed by atoms with Crippen LogP contribution in [0.1, 0.15) is 76.6 Å². The number of rotatable bonds is 4. The van der Waals surface area contributed by atoms with Gasteiger partial charge in [0.25, 0.3) is 10.0 Å². The molecule has 1 fully saturated rings. The number of hydrogen-bond donors (Lipinski definition) is 3. The first kappa shape index (κ1) is 28.8. The average molecular weight is 543 g/mol. The molecule has 3 rings (SSSR count). The van der Waals surface area contributed by atoms with Gasteiger partial charge < -0.3 is 15.1 Å². The summed E-state index contributed by atoms with van der Waals surface area (Å²) in [6.07, 6.45) is -5.14. The molecule has 1 saturated heterocycles. The first-order valence-corrected chi connectivity index (χ1v) is 13.2. The molecule has 0 saturated carbocycles. The quantitative estimate of drug-likeness (QED) is 0.460. The van der Waals surface area contributed by atoms with Gasteiger partial charge in [0.05, 0.1) is 10.5 Å². The maximum absolute atomic E-state index is 13.9. The summed E-state index contributed by atoms with van der Waals surface area (Å²) in [5, 5.41) is 21.9. The van der Waals surface area contributed by atoms with Crippen molar-refractivity contribution in [2.24, 2.45) is 0 Å². The second-order valence-corrected chi connectivity index (χ2v) is 13.2. The van der Waals surface area contributed by atoms with Gasteiger partial charge in [-0.15, -0.1) is 0 Å². The summed E-state index contributed by atoms with van der Waals surface area (Å²) in [7, 11) is -3.54. The van der Waals surface area contributed by atoms with Crippen LogP contribution in [-0.2, 0) is 37.5 Å². The van der Waals surface area contributed by atoms with E-state index >= 15 is 0 Å². The van der Waals surface area contributed by atoms with Gasteiger partial charge in [0.2, 0.25) is 5.91 Å². The molecule has 2 aromatic carbocycles. The molecule has 0 bridgehead atoms. The van der Waals surface area contributed by atoms with Crippen LogP contribution < -0.4 is 4.72 Å². The van der Waals surface area contributed by atoms with E-state index in [2.05, 4.69) is 4.72 Å². The van der Waals surface area contributed by atoms with Crippen molar-refractivity contribution in [1.29, 1.82) is 0 Å². The topological polar surface area (TPSA) is 107 Å². The number of amides is 1. The Bertz CT molecular complexity index is 1310. The summed E-state index contributed by atoms with van der Waals surface area (Å²) in [6.45, 7) is 10.9. The van der Waals surface area contributed by atoms with E-state index in [0.29, 0.717) is 17.2 Å². The SMILES string of the molecule is CN1C(=O)CCC1(O)c1ccc(C(F)(F)F)c(S(=O)(=O)Nc2cc(C(C)(C)C)c(O)c(C(C)(C)C)c2)c1. The molecule has 2 aromatic rings. The molecule has 37 heavy (non-hydrogen) atoms. The van der Waals surface area contributed by atoms with E-state index in [1.165, 1.54) is 19.2 Å². The molecule has 1 heterocycles. The highest BCUT2D eigenvalue weighted by Crippen LogP contribution is 2.43. The number of halogens is 3. The number of phenols is 1. The van der Waals surface area contributed by atoms with E-state index < -0.39 is 49.1 Å². The number of benzene rings is 2. The van der Waals surface area contributed by atoms with Gasteiger partial charge in [-0.2, -0.15) is 13.2 Å². The Morgan fingerprint density at radius 1 is 0.946 bits per heavy atom. The minimum atomic E-state index is -5.01. The van der Waals surface area contributed by atoms with Gasteiger partial charge in [-0.1, -0.05) is 47.6 Å². The first-order valence-electron chi connectivity index (χ1n) is 11.7. The number of nitrogens with one attached hydrogen (secondary N) is 1. The highest BCUT2D eigenvalue weighted by atomic mass is 32.2. The summed E-state index contributed by atoms with van der Waals surface area (Å²) in [6, 6.07) is 5.13. The van der Waals surface area contributed by atoms with Gasteiger partial charge in [-0.05, 0) is 35.1 Å². The van der Waals surface area contributed by atoms with Crippen LogP contribution >= 0.6 is 0 Å². The van der Waals surface area contributed by atoms with E-state index in [1.807, 2.05) is 41.5 Å². The van der Waals surface area contributed by atoms with Crippen LogP contribution in [0.25, 0.3) is 0 Å². The molecule has 1 aliphatic heterocycles. The highest BCUT2D eigenvalue weighted by Gasteiger charge is 2.45. The molecule has 3 N–H and O–H groups in total. The lowest BCUT2D eigenvalue weighted by atomic mass is 9.79. The number of sulfonamides is 1. The van der Waals surface area contributed by atoms with Crippen molar-refractivity contribution in [3.05, 3.63) is 52.6 Å². The van der Waals surface area contributed by atoms with Crippen LogP contribution in [0.3, 0.4) is 0 Å². The first-order chi connectivity index (χ1) is 16.6. The fourth-order valence-corrected chi connectivity index (χ4v) is 5.73. The average Bonchev–Trinajstić information content (AvgIpc) is 3.00. The van der Waals surface area contributed by atoms with Crippen LogP contribution in [0.15, 0.2) is 35.2 Å². The van der Waals surface area contributed by atoms with E-state index in [0.717, 1.165) is 17.0 Å². The molecule has 1 aliphatic rings. The van der Waals surface area contributed by atoms with Crippen LogP contribution in [0.4, 0.5) is 18.9 Å². The van der Waals surface area contributed by atoms with E-state index in [-0.39, 0.29) is 29.8 Å².